The van der Waals surface area contributed by atoms with Gasteiger partial charge in [0.15, 0.2) is 0 Å². The van der Waals surface area contributed by atoms with E-state index in [1.165, 1.54) is 27.3 Å². The molecule has 2 nitrogen and oxygen atoms in total. The third-order valence-electron chi connectivity index (χ3n) is 4.14. The number of hydrogen-bond acceptors (Lipinski definition) is 2. The first-order chi connectivity index (χ1) is 11.0. The van der Waals surface area contributed by atoms with Crippen molar-refractivity contribution < 1.29 is 0 Å². The fraction of sp³-hybridized carbons (Fsp3) is 0.500. The third-order valence-corrected chi connectivity index (χ3v) is 5.41. The molecule has 1 aromatic carbocycles. The second-order valence-electron chi connectivity index (χ2n) is 6.76. The molecule has 3 heteroatoms. The Morgan fingerprint density at radius 2 is 1.87 bits per heavy atom. The van der Waals surface area contributed by atoms with Crippen LogP contribution in [0.5, 0.6) is 0 Å². The Bertz CT molecular complexity index is 596. The minimum Gasteiger partial charge on any atom is -0.364 e. The number of H-pyrrole nitrogens is 1. The number of thioether (sulfide) groups is 1. The second kappa shape index (κ2) is 8.60. The van der Waals surface area contributed by atoms with Crippen molar-refractivity contribution in [2.24, 2.45) is 5.92 Å². The normalized spacial score (nSPS) is 12.8. The average molecular weight is 331 g/mol. The van der Waals surface area contributed by atoms with Gasteiger partial charge >= 0.3 is 0 Å². The number of aromatic amines is 1. The van der Waals surface area contributed by atoms with Crippen LogP contribution in [0.1, 0.15) is 47.9 Å². The summed E-state index contributed by atoms with van der Waals surface area (Å²) in [5.74, 6) is 0.685. The molecule has 2 aromatic rings. The van der Waals surface area contributed by atoms with Crippen LogP contribution in [0, 0.1) is 19.8 Å². The number of aryl methyl sites for hydroxylation is 2. The highest BCUT2D eigenvalue weighted by Gasteiger charge is 2.18. The van der Waals surface area contributed by atoms with E-state index in [2.05, 4.69) is 68.5 Å². The molecule has 0 spiro atoms. The van der Waals surface area contributed by atoms with Gasteiger partial charge in [-0.3, -0.25) is 0 Å². The SMILES string of the molecule is CNCCC(Sc1c[nH]c(CC(C)C)c1)c1c(C)cccc1C. The number of nitrogens with one attached hydrogen (secondary N) is 2. The second-order valence-corrected chi connectivity index (χ2v) is 8.04. The van der Waals surface area contributed by atoms with Gasteiger partial charge in [0.05, 0.1) is 0 Å². The van der Waals surface area contributed by atoms with Crippen LogP contribution in [0.15, 0.2) is 35.4 Å². The lowest BCUT2D eigenvalue weighted by atomic mass is 9.98. The molecule has 2 N–H and O–H groups in total. The molecule has 1 aromatic heterocycles. The summed E-state index contributed by atoms with van der Waals surface area (Å²) >= 11 is 1.99. The zero-order valence-electron chi connectivity index (χ0n) is 15.1. The van der Waals surface area contributed by atoms with Crippen LogP contribution in [0.2, 0.25) is 0 Å². The lowest BCUT2D eigenvalue weighted by molar-refractivity contribution is 0.637. The zero-order valence-corrected chi connectivity index (χ0v) is 15.9. The van der Waals surface area contributed by atoms with E-state index >= 15 is 0 Å². The van der Waals surface area contributed by atoms with E-state index in [1.807, 2.05) is 18.8 Å². The highest BCUT2D eigenvalue weighted by Crippen LogP contribution is 2.40. The molecular weight excluding hydrogens is 300 g/mol. The predicted octanol–water partition coefficient (Wildman–Crippen LogP) is 5.27. The molecular formula is C20H30N2S. The molecule has 1 atom stereocenters. The van der Waals surface area contributed by atoms with Gasteiger partial charge < -0.3 is 10.3 Å². The average Bonchev–Trinajstić information content (AvgIpc) is 2.90. The topological polar surface area (TPSA) is 27.8 Å². The molecule has 1 heterocycles. The van der Waals surface area contributed by atoms with E-state index in [0.717, 1.165) is 19.4 Å². The first kappa shape index (κ1) is 18.2. The van der Waals surface area contributed by atoms with Gasteiger partial charge in [0, 0.05) is 22.0 Å². The highest BCUT2D eigenvalue weighted by atomic mass is 32.2. The van der Waals surface area contributed by atoms with Crippen molar-refractivity contribution in [3.8, 4) is 0 Å². The predicted molar refractivity (Wildman–Crippen MR) is 102 cm³/mol. The van der Waals surface area contributed by atoms with E-state index in [4.69, 9.17) is 0 Å². The molecule has 0 amide bonds. The van der Waals surface area contributed by atoms with E-state index in [-0.39, 0.29) is 0 Å². The van der Waals surface area contributed by atoms with Crippen molar-refractivity contribution in [1.82, 2.24) is 10.3 Å². The molecule has 126 valence electrons. The summed E-state index contributed by atoms with van der Waals surface area (Å²) in [4.78, 5) is 4.79. The van der Waals surface area contributed by atoms with Gasteiger partial charge in [-0.1, -0.05) is 32.0 Å². The third kappa shape index (κ3) is 5.15. The van der Waals surface area contributed by atoms with Gasteiger partial charge in [0.25, 0.3) is 0 Å². The maximum Gasteiger partial charge on any atom is 0.0362 e. The van der Waals surface area contributed by atoms with Crippen LogP contribution in [0.4, 0.5) is 0 Å². The molecule has 2 rings (SSSR count). The first-order valence-corrected chi connectivity index (χ1v) is 9.44. The Morgan fingerprint density at radius 1 is 1.17 bits per heavy atom. The number of hydrogen-bond donors (Lipinski definition) is 2. The Morgan fingerprint density at radius 3 is 2.48 bits per heavy atom. The van der Waals surface area contributed by atoms with Gasteiger partial charge in [-0.05, 0) is 69.0 Å². The van der Waals surface area contributed by atoms with Gasteiger partial charge in [0.2, 0.25) is 0 Å². The van der Waals surface area contributed by atoms with Crippen molar-refractivity contribution in [1.29, 1.82) is 0 Å². The number of aromatic nitrogens is 1. The zero-order chi connectivity index (χ0) is 16.8. The summed E-state index contributed by atoms with van der Waals surface area (Å²) in [5, 5.41) is 3.79. The van der Waals surface area contributed by atoms with Crippen LogP contribution in [-0.2, 0) is 6.42 Å². The van der Waals surface area contributed by atoms with E-state index in [9.17, 15) is 0 Å². The van der Waals surface area contributed by atoms with Crippen molar-refractivity contribution in [2.75, 3.05) is 13.6 Å². The van der Waals surface area contributed by atoms with Crippen molar-refractivity contribution in [3.63, 3.8) is 0 Å². The Hall–Kier alpha value is -1.19. The van der Waals surface area contributed by atoms with Crippen LogP contribution in [-0.4, -0.2) is 18.6 Å². The standard InChI is InChI=1S/C20H30N2S/c1-14(2)11-17-12-18(13-22-17)23-19(9-10-21-5)20-15(3)7-6-8-16(20)4/h6-8,12-14,19,21-22H,9-11H2,1-5H3. The monoisotopic (exact) mass is 330 g/mol. The first-order valence-electron chi connectivity index (χ1n) is 8.56. The number of rotatable bonds is 8. The maximum absolute atomic E-state index is 3.44. The highest BCUT2D eigenvalue weighted by molar-refractivity contribution is 7.99. The summed E-state index contributed by atoms with van der Waals surface area (Å²) < 4.78 is 0. The van der Waals surface area contributed by atoms with E-state index in [1.54, 1.807) is 0 Å². The fourth-order valence-electron chi connectivity index (χ4n) is 3.08. The molecule has 1 unspecified atom stereocenters. The van der Waals surface area contributed by atoms with Crippen LogP contribution in [0.3, 0.4) is 0 Å². The molecule has 0 aliphatic carbocycles. The van der Waals surface area contributed by atoms with Crippen molar-refractivity contribution in [2.45, 2.75) is 50.7 Å². The summed E-state index contributed by atoms with van der Waals surface area (Å²) in [7, 11) is 2.03. The molecule has 23 heavy (non-hydrogen) atoms. The summed E-state index contributed by atoms with van der Waals surface area (Å²) in [6.45, 7) is 10.0. The molecule has 0 aliphatic rings. The van der Waals surface area contributed by atoms with Gasteiger partial charge in [-0.25, -0.2) is 0 Å². The molecule has 0 fully saturated rings. The van der Waals surface area contributed by atoms with Crippen LogP contribution < -0.4 is 5.32 Å². The summed E-state index contributed by atoms with van der Waals surface area (Å²) in [6, 6.07) is 8.95. The lowest BCUT2D eigenvalue weighted by Gasteiger charge is -2.21. The Balaban J connectivity index is 2.20. The Kier molecular flexibility index (Phi) is 6.79. The van der Waals surface area contributed by atoms with Crippen molar-refractivity contribution >= 4 is 11.8 Å². The Labute approximate surface area is 145 Å². The largest absolute Gasteiger partial charge is 0.364 e. The van der Waals surface area contributed by atoms with E-state index < -0.39 is 0 Å². The molecule has 0 radical (unpaired) electrons. The molecule has 0 bridgehead atoms. The summed E-state index contributed by atoms with van der Waals surface area (Å²) in [5.41, 5.74) is 5.64. The lowest BCUT2D eigenvalue weighted by Crippen LogP contribution is -2.12. The van der Waals surface area contributed by atoms with Gasteiger partial charge in [0.1, 0.15) is 0 Å². The molecule has 0 aliphatic heterocycles. The molecule has 0 saturated heterocycles. The smallest absolute Gasteiger partial charge is 0.0362 e. The quantitative estimate of drug-likeness (QED) is 0.645. The number of benzene rings is 1. The molecule has 0 saturated carbocycles. The maximum atomic E-state index is 3.44. The summed E-state index contributed by atoms with van der Waals surface area (Å²) in [6.07, 6.45) is 4.42. The minimum absolute atomic E-state index is 0.492. The van der Waals surface area contributed by atoms with Crippen LogP contribution >= 0.6 is 11.8 Å². The minimum atomic E-state index is 0.492. The van der Waals surface area contributed by atoms with Crippen molar-refractivity contribution in [3.05, 3.63) is 52.8 Å². The van der Waals surface area contributed by atoms with E-state index in [0.29, 0.717) is 11.2 Å². The van der Waals surface area contributed by atoms with Crippen LogP contribution in [0.25, 0.3) is 0 Å². The van der Waals surface area contributed by atoms with Gasteiger partial charge in [-0.15, -0.1) is 11.8 Å². The van der Waals surface area contributed by atoms with Gasteiger partial charge in [-0.2, -0.15) is 0 Å². The fourth-order valence-corrected chi connectivity index (χ4v) is 4.47.